The van der Waals surface area contributed by atoms with Gasteiger partial charge in [-0.15, -0.1) is 11.3 Å². The molecule has 0 saturated carbocycles. The van der Waals surface area contributed by atoms with E-state index in [1.54, 1.807) is 11.3 Å². The van der Waals surface area contributed by atoms with Crippen molar-refractivity contribution in [3.63, 3.8) is 0 Å². The average Bonchev–Trinajstić information content (AvgIpc) is 3.17. The Kier molecular flexibility index (Phi) is 2.69. The molecule has 1 aliphatic rings. The molecule has 4 aromatic rings. The molecule has 23 heavy (non-hydrogen) atoms. The summed E-state index contributed by atoms with van der Waals surface area (Å²) >= 11 is 1.70. The minimum Gasteiger partial charge on any atom is -0.267 e. The van der Waals surface area contributed by atoms with Crippen LogP contribution in [0, 0.1) is 0 Å². The smallest absolute Gasteiger partial charge is 0.267 e. The number of nitrogens with one attached hydrogen (secondary N) is 1. The zero-order valence-electron chi connectivity index (χ0n) is 12.4. The van der Waals surface area contributed by atoms with E-state index in [1.807, 2.05) is 34.8 Å². The van der Waals surface area contributed by atoms with Gasteiger partial charge in [0.15, 0.2) is 5.65 Å². The topological polar surface area (TPSA) is 63.0 Å². The van der Waals surface area contributed by atoms with Crippen LogP contribution in [0.5, 0.6) is 0 Å². The molecule has 3 heterocycles. The number of fused-ring (bicyclic) bond motifs is 5. The van der Waals surface area contributed by atoms with Gasteiger partial charge in [0.25, 0.3) is 5.56 Å². The molecule has 114 valence electrons. The second-order valence-electron chi connectivity index (χ2n) is 5.89. The van der Waals surface area contributed by atoms with Gasteiger partial charge >= 0.3 is 0 Å². The van der Waals surface area contributed by atoms with Crippen molar-refractivity contribution in [1.29, 1.82) is 0 Å². The average molecular weight is 322 g/mol. The van der Waals surface area contributed by atoms with E-state index in [0.29, 0.717) is 5.65 Å². The zero-order chi connectivity index (χ0) is 15.4. The lowest BCUT2D eigenvalue weighted by molar-refractivity contribution is 0.700. The molecule has 1 aliphatic carbocycles. The maximum absolute atomic E-state index is 12.6. The van der Waals surface area contributed by atoms with E-state index in [0.717, 1.165) is 40.7 Å². The molecule has 5 nitrogen and oxygen atoms in total. The molecule has 0 unspecified atom stereocenters. The van der Waals surface area contributed by atoms with Crippen molar-refractivity contribution in [3.05, 3.63) is 51.1 Å². The van der Waals surface area contributed by atoms with E-state index in [1.165, 1.54) is 16.9 Å². The van der Waals surface area contributed by atoms with E-state index in [-0.39, 0.29) is 5.56 Å². The summed E-state index contributed by atoms with van der Waals surface area (Å²) < 4.78 is 1.86. The molecule has 1 N–H and O–H groups in total. The van der Waals surface area contributed by atoms with Crippen molar-refractivity contribution in [3.8, 4) is 11.3 Å². The van der Waals surface area contributed by atoms with Crippen LogP contribution in [0.3, 0.4) is 0 Å². The van der Waals surface area contributed by atoms with Crippen molar-refractivity contribution in [1.82, 2.24) is 19.8 Å². The fourth-order valence-corrected chi connectivity index (χ4v) is 4.76. The van der Waals surface area contributed by atoms with E-state index in [2.05, 4.69) is 15.3 Å². The van der Waals surface area contributed by atoms with Crippen LogP contribution in [0.25, 0.3) is 27.1 Å². The van der Waals surface area contributed by atoms with Crippen LogP contribution < -0.4 is 5.56 Å². The van der Waals surface area contributed by atoms with Crippen molar-refractivity contribution in [2.45, 2.75) is 25.7 Å². The van der Waals surface area contributed by atoms with Crippen molar-refractivity contribution in [2.75, 3.05) is 0 Å². The standard InChI is InChI=1S/C17H14N4OS/c22-16-13-11-8-4-5-9-12(11)23-17(13)21-15(18-16)14(19-20-21)10-6-2-1-3-7-10/h1-3,6-7,20H,4-5,8-9H2. The Labute approximate surface area is 135 Å². The number of aryl methyl sites for hydroxylation is 2. The van der Waals surface area contributed by atoms with Crippen molar-refractivity contribution in [2.24, 2.45) is 0 Å². The highest BCUT2D eigenvalue weighted by atomic mass is 32.1. The molecular formula is C17H14N4OS. The van der Waals surface area contributed by atoms with Crippen molar-refractivity contribution < 1.29 is 0 Å². The van der Waals surface area contributed by atoms with Crippen molar-refractivity contribution >= 4 is 27.2 Å². The molecule has 0 saturated heterocycles. The third-order valence-corrected chi connectivity index (χ3v) is 5.79. The monoisotopic (exact) mass is 322 g/mol. The molecule has 0 spiro atoms. The predicted octanol–water partition coefficient (Wildman–Crippen LogP) is 3.18. The summed E-state index contributed by atoms with van der Waals surface area (Å²) in [6, 6.07) is 9.84. The van der Waals surface area contributed by atoms with E-state index in [4.69, 9.17) is 0 Å². The van der Waals surface area contributed by atoms with Gasteiger partial charge in [-0.25, -0.2) is 9.73 Å². The molecule has 6 heteroatoms. The number of rotatable bonds is 1. The molecule has 0 amide bonds. The highest BCUT2D eigenvalue weighted by Crippen LogP contribution is 2.35. The van der Waals surface area contributed by atoms with Gasteiger partial charge in [-0.05, 0) is 31.2 Å². The largest absolute Gasteiger partial charge is 0.282 e. The van der Waals surface area contributed by atoms with E-state index < -0.39 is 0 Å². The summed E-state index contributed by atoms with van der Waals surface area (Å²) in [5, 5.41) is 8.23. The summed E-state index contributed by atoms with van der Waals surface area (Å²) in [4.78, 5) is 19.3. The number of hydrogen-bond donors (Lipinski definition) is 1. The third kappa shape index (κ3) is 1.81. The number of hydrogen-bond acceptors (Lipinski definition) is 4. The molecule has 0 fully saturated rings. The van der Waals surface area contributed by atoms with Crippen LogP contribution in [0.1, 0.15) is 23.3 Å². The van der Waals surface area contributed by atoms with Crippen LogP contribution in [-0.4, -0.2) is 19.8 Å². The Bertz CT molecular complexity index is 1090. The Hall–Kier alpha value is -2.47. The third-order valence-electron chi connectivity index (χ3n) is 4.51. The fourth-order valence-electron chi connectivity index (χ4n) is 3.42. The fraction of sp³-hybridized carbons (Fsp3) is 0.235. The number of thiophene rings is 1. The summed E-state index contributed by atoms with van der Waals surface area (Å²) in [6.45, 7) is 0. The molecule has 0 aliphatic heterocycles. The summed E-state index contributed by atoms with van der Waals surface area (Å²) in [6.07, 6.45) is 4.40. The lowest BCUT2D eigenvalue weighted by atomic mass is 9.97. The minimum absolute atomic E-state index is 0.127. The van der Waals surface area contributed by atoms with E-state index >= 15 is 0 Å². The second kappa shape index (κ2) is 4.76. The maximum atomic E-state index is 12.6. The summed E-state index contributed by atoms with van der Waals surface area (Å²) in [5.74, 6) is 0. The number of nitrogens with zero attached hydrogens (tertiary/aromatic N) is 3. The first-order valence-corrected chi connectivity index (χ1v) is 8.61. The Morgan fingerprint density at radius 3 is 2.83 bits per heavy atom. The number of aromatic amines is 1. The summed E-state index contributed by atoms with van der Waals surface area (Å²) in [7, 11) is 0. The highest BCUT2D eigenvalue weighted by Gasteiger charge is 2.22. The molecule has 5 rings (SSSR count). The predicted molar refractivity (Wildman–Crippen MR) is 91.1 cm³/mol. The minimum atomic E-state index is -0.127. The van der Waals surface area contributed by atoms with Gasteiger partial charge in [0.1, 0.15) is 10.5 Å². The molecule has 0 radical (unpaired) electrons. The Morgan fingerprint density at radius 2 is 1.96 bits per heavy atom. The SMILES string of the molecule is O=c1nc2c(-c3ccccc3)n[nH]n2c2sc3c(c12)CCCC3. The normalized spacial score (nSPS) is 14.4. The quantitative estimate of drug-likeness (QED) is 0.585. The first kappa shape index (κ1) is 13.0. The number of aromatic nitrogens is 4. The van der Waals surface area contributed by atoms with Crippen LogP contribution in [0.4, 0.5) is 0 Å². The van der Waals surface area contributed by atoms with Gasteiger partial charge in [0.2, 0.25) is 0 Å². The molecule has 0 bridgehead atoms. The zero-order valence-corrected chi connectivity index (χ0v) is 13.2. The van der Waals surface area contributed by atoms with Gasteiger partial charge in [0, 0.05) is 10.4 Å². The second-order valence-corrected chi connectivity index (χ2v) is 6.98. The van der Waals surface area contributed by atoms with Gasteiger partial charge < -0.3 is 0 Å². The highest BCUT2D eigenvalue weighted by molar-refractivity contribution is 7.18. The van der Waals surface area contributed by atoms with Gasteiger partial charge in [-0.1, -0.05) is 30.3 Å². The van der Waals surface area contributed by atoms with Gasteiger partial charge in [0.05, 0.1) is 5.39 Å². The lowest BCUT2D eigenvalue weighted by Gasteiger charge is -2.09. The Morgan fingerprint density at radius 1 is 1.13 bits per heavy atom. The molecule has 3 aromatic heterocycles. The molecule has 0 atom stereocenters. The number of benzene rings is 1. The first-order chi connectivity index (χ1) is 11.3. The first-order valence-electron chi connectivity index (χ1n) is 7.80. The Balaban J connectivity index is 1.87. The van der Waals surface area contributed by atoms with Gasteiger partial charge in [-0.3, -0.25) is 4.79 Å². The maximum Gasteiger partial charge on any atom is 0.282 e. The van der Waals surface area contributed by atoms with E-state index in [9.17, 15) is 4.79 Å². The lowest BCUT2D eigenvalue weighted by Crippen LogP contribution is -2.11. The molecule has 1 aromatic carbocycles. The van der Waals surface area contributed by atoms with Crippen LogP contribution in [-0.2, 0) is 12.8 Å². The van der Waals surface area contributed by atoms with Crippen LogP contribution in [0.2, 0.25) is 0 Å². The molecular weight excluding hydrogens is 308 g/mol. The number of H-pyrrole nitrogens is 1. The van der Waals surface area contributed by atoms with Gasteiger partial charge in [-0.2, -0.15) is 10.1 Å². The van der Waals surface area contributed by atoms with Crippen LogP contribution in [0.15, 0.2) is 35.1 Å². The van der Waals surface area contributed by atoms with Crippen LogP contribution >= 0.6 is 11.3 Å². The summed E-state index contributed by atoms with van der Waals surface area (Å²) in [5.41, 5.74) is 3.36.